The number of aryl methyl sites for hydroxylation is 2. The summed E-state index contributed by atoms with van der Waals surface area (Å²) in [6.45, 7) is 5.73. The number of nitrogens with one attached hydrogen (secondary N) is 1. The average Bonchev–Trinajstić information content (AvgIpc) is 2.55. The van der Waals surface area contributed by atoms with Crippen molar-refractivity contribution in [1.29, 1.82) is 0 Å². The Bertz CT molecular complexity index is 697. The summed E-state index contributed by atoms with van der Waals surface area (Å²) in [4.78, 5) is 14.7. The molecule has 2 aromatic rings. The van der Waals surface area contributed by atoms with Crippen molar-refractivity contribution >= 4 is 17.3 Å². The summed E-state index contributed by atoms with van der Waals surface area (Å²) >= 11 is 0. The van der Waals surface area contributed by atoms with Crippen molar-refractivity contribution in [2.24, 2.45) is 0 Å². The fourth-order valence-corrected chi connectivity index (χ4v) is 3.19. The van der Waals surface area contributed by atoms with Gasteiger partial charge in [-0.05, 0) is 63.1 Å². The minimum absolute atomic E-state index is 0.0874. The highest BCUT2D eigenvalue weighted by molar-refractivity contribution is 6.04. The zero-order valence-electron chi connectivity index (χ0n) is 14.2. The van der Waals surface area contributed by atoms with Crippen LogP contribution >= 0.6 is 0 Å². The van der Waals surface area contributed by atoms with E-state index in [9.17, 15) is 9.90 Å². The maximum atomic E-state index is 12.4. The molecule has 0 unspecified atom stereocenters. The number of piperidine rings is 1. The highest BCUT2D eigenvalue weighted by Crippen LogP contribution is 2.22. The van der Waals surface area contributed by atoms with Crippen LogP contribution in [-0.2, 0) is 0 Å². The highest BCUT2D eigenvalue weighted by Gasteiger charge is 2.17. The average molecular weight is 324 g/mol. The number of hydrogen-bond acceptors (Lipinski definition) is 3. The third-order valence-electron chi connectivity index (χ3n) is 4.44. The van der Waals surface area contributed by atoms with Crippen LogP contribution in [-0.4, -0.2) is 30.2 Å². The molecule has 0 spiro atoms. The molecule has 0 aliphatic carbocycles. The Morgan fingerprint density at radius 3 is 2.21 bits per heavy atom. The lowest BCUT2D eigenvalue weighted by molar-refractivity contribution is 0.102. The van der Waals surface area contributed by atoms with Gasteiger partial charge in [-0.25, -0.2) is 0 Å². The van der Waals surface area contributed by atoms with Crippen molar-refractivity contribution in [1.82, 2.24) is 0 Å². The molecule has 0 radical (unpaired) electrons. The number of amides is 1. The molecule has 4 heteroatoms. The van der Waals surface area contributed by atoms with Crippen LogP contribution in [0.4, 0.5) is 11.4 Å². The third-order valence-corrected chi connectivity index (χ3v) is 4.44. The molecule has 1 aliphatic rings. The molecule has 126 valence electrons. The van der Waals surface area contributed by atoms with Crippen molar-refractivity contribution < 1.29 is 9.90 Å². The van der Waals surface area contributed by atoms with Gasteiger partial charge >= 0.3 is 0 Å². The van der Waals surface area contributed by atoms with Gasteiger partial charge < -0.3 is 15.3 Å². The van der Waals surface area contributed by atoms with Crippen LogP contribution in [0.15, 0.2) is 42.5 Å². The predicted octanol–water partition coefficient (Wildman–Crippen LogP) is 3.52. The van der Waals surface area contributed by atoms with E-state index in [1.54, 1.807) is 0 Å². The van der Waals surface area contributed by atoms with E-state index in [0.29, 0.717) is 5.56 Å². The van der Waals surface area contributed by atoms with Gasteiger partial charge in [0.15, 0.2) is 0 Å². The van der Waals surface area contributed by atoms with Gasteiger partial charge in [-0.15, -0.1) is 0 Å². The first-order valence-corrected chi connectivity index (χ1v) is 8.44. The van der Waals surface area contributed by atoms with Gasteiger partial charge in [0, 0.05) is 30.0 Å². The Kier molecular flexibility index (Phi) is 4.86. The molecule has 0 saturated carbocycles. The zero-order valence-corrected chi connectivity index (χ0v) is 14.2. The summed E-state index contributed by atoms with van der Waals surface area (Å²) in [5.74, 6) is -0.0874. The lowest BCUT2D eigenvalue weighted by atomic mass is 10.1. The SMILES string of the molecule is Cc1cc(C)cc(C(=O)Nc2ccc(N3CCC(O)CC3)cc2)c1. The van der Waals surface area contributed by atoms with Crippen LogP contribution in [0.25, 0.3) is 0 Å². The van der Waals surface area contributed by atoms with Gasteiger partial charge in [0.05, 0.1) is 6.10 Å². The quantitative estimate of drug-likeness (QED) is 0.908. The van der Waals surface area contributed by atoms with E-state index in [0.717, 1.165) is 48.4 Å². The van der Waals surface area contributed by atoms with Gasteiger partial charge in [-0.3, -0.25) is 4.79 Å². The van der Waals surface area contributed by atoms with E-state index in [1.807, 2.05) is 50.2 Å². The number of nitrogens with zero attached hydrogens (tertiary/aromatic N) is 1. The molecule has 0 aromatic heterocycles. The van der Waals surface area contributed by atoms with Crippen molar-refractivity contribution in [2.75, 3.05) is 23.3 Å². The fraction of sp³-hybridized carbons (Fsp3) is 0.350. The van der Waals surface area contributed by atoms with Gasteiger partial charge in [-0.2, -0.15) is 0 Å². The monoisotopic (exact) mass is 324 g/mol. The molecule has 0 atom stereocenters. The molecule has 1 aliphatic heterocycles. The summed E-state index contributed by atoms with van der Waals surface area (Å²) < 4.78 is 0. The fourth-order valence-electron chi connectivity index (χ4n) is 3.19. The van der Waals surface area contributed by atoms with Crippen molar-refractivity contribution in [3.05, 3.63) is 59.2 Å². The summed E-state index contributed by atoms with van der Waals surface area (Å²) in [6.07, 6.45) is 1.45. The maximum absolute atomic E-state index is 12.4. The molecular weight excluding hydrogens is 300 g/mol. The lowest BCUT2D eigenvalue weighted by Crippen LogP contribution is -2.35. The van der Waals surface area contributed by atoms with Crippen molar-refractivity contribution in [2.45, 2.75) is 32.8 Å². The zero-order chi connectivity index (χ0) is 17.1. The van der Waals surface area contributed by atoms with Crippen LogP contribution in [0.5, 0.6) is 0 Å². The van der Waals surface area contributed by atoms with E-state index in [-0.39, 0.29) is 12.0 Å². The Labute approximate surface area is 143 Å². The molecule has 1 amide bonds. The Balaban J connectivity index is 1.66. The molecule has 1 heterocycles. The first-order valence-electron chi connectivity index (χ1n) is 8.44. The van der Waals surface area contributed by atoms with Gasteiger partial charge in [0.1, 0.15) is 0 Å². The topological polar surface area (TPSA) is 52.6 Å². The van der Waals surface area contributed by atoms with Gasteiger partial charge in [0.2, 0.25) is 0 Å². The van der Waals surface area contributed by atoms with E-state index in [2.05, 4.69) is 16.3 Å². The number of rotatable bonds is 3. The highest BCUT2D eigenvalue weighted by atomic mass is 16.3. The molecule has 2 N–H and O–H groups in total. The Morgan fingerprint density at radius 2 is 1.62 bits per heavy atom. The first kappa shape index (κ1) is 16.5. The molecule has 0 bridgehead atoms. The number of benzene rings is 2. The molecule has 2 aromatic carbocycles. The van der Waals surface area contributed by atoms with Gasteiger partial charge in [0.25, 0.3) is 5.91 Å². The van der Waals surface area contributed by atoms with E-state index in [4.69, 9.17) is 0 Å². The van der Waals surface area contributed by atoms with E-state index in [1.165, 1.54) is 0 Å². The third kappa shape index (κ3) is 3.95. The minimum Gasteiger partial charge on any atom is -0.393 e. The lowest BCUT2D eigenvalue weighted by Gasteiger charge is -2.31. The summed E-state index contributed by atoms with van der Waals surface area (Å²) in [5.41, 5.74) is 4.78. The standard InChI is InChI=1S/C20H24N2O2/c1-14-11-15(2)13-16(12-14)20(24)21-17-3-5-18(6-4-17)22-9-7-19(23)8-10-22/h3-6,11-13,19,23H,7-10H2,1-2H3,(H,21,24). The molecule has 4 nitrogen and oxygen atoms in total. The molecular formula is C20H24N2O2. The van der Waals surface area contributed by atoms with Crippen molar-refractivity contribution in [3.63, 3.8) is 0 Å². The number of hydrogen-bond donors (Lipinski definition) is 2. The van der Waals surface area contributed by atoms with E-state index < -0.39 is 0 Å². The van der Waals surface area contributed by atoms with Crippen LogP contribution in [0.3, 0.4) is 0 Å². The summed E-state index contributed by atoms with van der Waals surface area (Å²) in [7, 11) is 0. The maximum Gasteiger partial charge on any atom is 0.255 e. The Morgan fingerprint density at radius 1 is 1.04 bits per heavy atom. The van der Waals surface area contributed by atoms with E-state index >= 15 is 0 Å². The molecule has 24 heavy (non-hydrogen) atoms. The first-order chi connectivity index (χ1) is 11.5. The largest absolute Gasteiger partial charge is 0.393 e. The molecule has 1 saturated heterocycles. The minimum atomic E-state index is -0.169. The summed E-state index contributed by atoms with van der Waals surface area (Å²) in [6, 6.07) is 13.8. The second-order valence-electron chi connectivity index (χ2n) is 6.60. The van der Waals surface area contributed by atoms with Crippen LogP contribution in [0.2, 0.25) is 0 Å². The normalized spacial score (nSPS) is 15.4. The van der Waals surface area contributed by atoms with Crippen LogP contribution in [0, 0.1) is 13.8 Å². The number of anilines is 2. The molecule has 3 rings (SSSR count). The summed E-state index contributed by atoms with van der Waals surface area (Å²) in [5, 5.41) is 12.5. The van der Waals surface area contributed by atoms with Crippen LogP contribution in [0.1, 0.15) is 34.3 Å². The number of carbonyl (C=O) groups excluding carboxylic acids is 1. The van der Waals surface area contributed by atoms with Crippen molar-refractivity contribution in [3.8, 4) is 0 Å². The second kappa shape index (κ2) is 7.05. The van der Waals surface area contributed by atoms with Crippen LogP contribution < -0.4 is 10.2 Å². The number of aliphatic hydroxyl groups is 1. The molecule has 1 fully saturated rings. The van der Waals surface area contributed by atoms with Gasteiger partial charge in [-0.1, -0.05) is 17.2 Å². The smallest absolute Gasteiger partial charge is 0.255 e. The number of aliphatic hydroxyl groups excluding tert-OH is 1. The predicted molar refractivity (Wildman–Crippen MR) is 97.8 cm³/mol. The second-order valence-corrected chi connectivity index (χ2v) is 6.60. The Hall–Kier alpha value is -2.33. The number of carbonyl (C=O) groups is 1.